The van der Waals surface area contributed by atoms with E-state index in [4.69, 9.17) is 0 Å². The highest BCUT2D eigenvalue weighted by Gasteiger charge is 2.27. The van der Waals surface area contributed by atoms with Crippen LogP contribution >= 0.6 is 0 Å². The van der Waals surface area contributed by atoms with Gasteiger partial charge in [0.05, 0.1) is 0 Å². The first-order valence-corrected chi connectivity index (χ1v) is 15.2. The van der Waals surface area contributed by atoms with Gasteiger partial charge >= 0.3 is 0 Å². The first-order valence-electron chi connectivity index (χ1n) is 15.2. The Morgan fingerprint density at radius 2 is 0.810 bits per heavy atom. The second-order valence-corrected chi connectivity index (χ2v) is 12.4. The second-order valence-electron chi connectivity index (χ2n) is 12.4. The van der Waals surface area contributed by atoms with Crippen LogP contribution in [0.25, 0.3) is 11.1 Å². The summed E-state index contributed by atoms with van der Waals surface area (Å²) in [6, 6.07) is 48.3. The van der Waals surface area contributed by atoms with Gasteiger partial charge in [-0.1, -0.05) is 100 Å². The smallest absolute Gasteiger partial charge is 0.0463 e. The van der Waals surface area contributed by atoms with Crippen molar-refractivity contribution in [3.05, 3.63) is 139 Å². The van der Waals surface area contributed by atoms with Gasteiger partial charge in [0.1, 0.15) is 0 Å². The molecule has 2 heteroatoms. The van der Waals surface area contributed by atoms with Gasteiger partial charge in [0, 0.05) is 34.0 Å². The van der Waals surface area contributed by atoms with Gasteiger partial charge in [-0.15, -0.1) is 0 Å². The molecule has 0 heterocycles. The lowest BCUT2D eigenvalue weighted by Gasteiger charge is -2.40. The van der Waals surface area contributed by atoms with Gasteiger partial charge < -0.3 is 9.80 Å². The Kier molecular flexibility index (Phi) is 8.54. The highest BCUT2D eigenvalue weighted by atomic mass is 15.2. The summed E-state index contributed by atoms with van der Waals surface area (Å²) in [5.74, 6) is 0. The van der Waals surface area contributed by atoms with Gasteiger partial charge in [-0.25, -0.2) is 0 Å². The van der Waals surface area contributed by atoms with Gasteiger partial charge in [0.15, 0.2) is 0 Å². The van der Waals surface area contributed by atoms with Crippen LogP contribution in [0.1, 0.15) is 59.9 Å². The van der Waals surface area contributed by atoms with E-state index in [1.165, 1.54) is 28.1 Å². The highest BCUT2D eigenvalue weighted by molar-refractivity contribution is 5.79. The van der Waals surface area contributed by atoms with Crippen molar-refractivity contribution >= 4 is 28.4 Å². The van der Waals surface area contributed by atoms with E-state index >= 15 is 0 Å². The molecule has 0 spiro atoms. The van der Waals surface area contributed by atoms with Crippen molar-refractivity contribution in [1.29, 1.82) is 0 Å². The summed E-state index contributed by atoms with van der Waals surface area (Å²) in [5, 5.41) is 0. The maximum atomic E-state index is 2.45. The van der Waals surface area contributed by atoms with Crippen molar-refractivity contribution in [2.24, 2.45) is 0 Å². The third-order valence-corrected chi connectivity index (χ3v) is 8.87. The number of anilines is 5. The van der Waals surface area contributed by atoms with Gasteiger partial charge in [-0.2, -0.15) is 0 Å². The van der Waals surface area contributed by atoms with E-state index in [9.17, 15) is 0 Å². The SMILES string of the molecule is CCC(C)(C)c1ccc(-c2ccc(N(c3ccccc3)c3ccc(N(c4ccccc4)C(C)(C)CC)cc3)cc2)cc1. The lowest BCUT2D eigenvalue weighted by Crippen LogP contribution is -2.40. The Morgan fingerprint density at radius 1 is 0.429 bits per heavy atom. The van der Waals surface area contributed by atoms with Crippen LogP contribution in [0.3, 0.4) is 0 Å². The summed E-state index contributed by atoms with van der Waals surface area (Å²) in [4.78, 5) is 4.78. The molecule has 0 bridgehead atoms. The molecule has 5 aromatic carbocycles. The number of para-hydroxylation sites is 2. The second kappa shape index (κ2) is 12.3. The molecular weight excluding hydrogens is 508 g/mol. The van der Waals surface area contributed by atoms with Crippen molar-refractivity contribution in [3.63, 3.8) is 0 Å². The number of rotatable bonds is 10. The Morgan fingerprint density at radius 3 is 1.29 bits per heavy atom. The molecule has 0 amide bonds. The topological polar surface area (TPSA) is 6.48 Å². The van der Waals surface area contributed by atoms with Crippen LogP contribution in [0.2, 0.25) is 0 Å². The molecule has 0 saturated carbocycles. The molecule has 0 aliphatic rings. The number of hydrogen-bond donors (Lipinski definition) is 0. The molecule has 0 radical (unpaired) electrons. The monoisotopic (exact) mass is 552 g/mol. The minimum Gasteiger partial charge on any atom is -0.336 e. The molecule has 42 heavy (non-hydrogen) atoms. The fourth-order valence-corrected chi connectivity index (χ4v) is 5.48. The van der Waals surface area contributed by atoms with E-state index in [2.05, 4.69) is 185 Å². The third kappa shape index (κ3) is 6.14. The zero-order chi connectivity index (χ0) is 29.7. The maximum Gasteiger partial charge on any atom is 0.0463 e. The third-order valence-electron chi connectivity index (χ3n) is 8.87. The molecule has 5 rings (SSSR count). The normalized spacial score (nSPS) is 11.8. The van der Waals surface area contributed by atoms with Crippen LogP contribution in [-0.2, 0) is 5.41 Å². The summed E-state index contributed by atoms with van der Waals surface area (Å²) >= 11 is 0. The van der Waals surface area contributed by atoms with E-state index in [-0.39, 0.29) is 11.0 Å². The average molecular weight is 553 g/mol. The summed E-state index contributed by atoms with van der Waals surface area (Å²) in [6.45, 7) is 13.8. The first kappa shape index (κ1) is 29.2. The molecule has 0 fully saturated rings. The molecule has 0 unspecified atom stereocenters. The number of nitrogens with zero attached hydrogens (tertiary/aromatic N) is 2. The van der Waals surface area contributed by atoms with Gasteiger partial charge in [-0.3, -0.25) is 0 Å². The van der Waals surface area contributed by atoms with Crippen molar-refractivity contribution in [1.82, 2.24) is 0 Å². The van der Waals surface area contributed by atoms with E-state index in [1.54, 1.807) is 0 Å². The van der Waals surface area contributed by atoms with E-state index in [0.29, 0.717) is 0 Å². The number of benzene rings is 5. The predicted molar refractivity (Wildman–Crippen MR) is 183 cm³/mol. The Balaban J connectivity index is 1.48. The zero-order valence-electron chi connectivity index (χ0n) is 26.0. The van der Waals surface area contributed by atoms with E-state index < -0.39 is 0 Å². The molecule has 2 nitrogen and oxygen atoms in total. The molecule has 0 atom stereocenters. The summed E-state index contributed by atoms with van der Waals surface area (Å²) in [5.41, 5.74) is 9.82. The maximum absolute atomic E-state index is 2.45. The van der Waals surface area contributed by atoms with E-state index in [0.717, 1.165) is 29.9 Å². The summed E-state index contributed by atoms with van der Waals surface area (Å²) in [7, 11) is 0. The van der Waals surface area contributed by atoms with Crippen LogP contribution in [0.5, 0.6) is 0 Å². The van der Waals surface area contributed by atoms with Crippen LogP contribution in [-0.4, -0.2) is 5.54 Å². The minimum atomic E-state index is -0.0255. The van der Waals surface area contributed by atoms with E-state index in [1.807, 2.05) is 0 Å². The summed E-state index contributed by atoms with van der Waals surface area (Å²) in [6.07, 6.45) is 2.16. The molecule has 0 N–H and O–H groups in total. The lowest BCUT2D eigenvalue weighted by molar-refractivity contribution is 0.488. The van der Waals surface area contributed by atoms with Crippen molar-refractivity contribution < 1.29 is 0 Å². The van der Waals surface area contributed by atoms with Crippen LogP contribution in [0, 0.1) is 0 Å². The highest BCUT2D eigenvalue weighted by Crippen LogP contribution is 2.39. The standard InChI is InChI=1S/C40H44N2/c1-7-39(3,4)33-23-19-31(20-24-33)32-21-25-35(26-22-32)41(34-15-11-9-12-16-34)36-27-29-38(30-28-36)42(40(5,6)8-2)37-17-13-10-14-18-37/h9-30H,7-8H2,1-6H3. The fraction of sp³-hybridized carbons (Fsp3) is 0.250. The van der Waals surface area contributed by atoms with Crippen LogP contribution in [0.4, 0.5) is 28.4 Å². The number of hydrogen-bond acceptors (Lipinski definition) is 2. The summed E-state index contributed by atoms with van der Waals surface area (Å²) < 4.78 is 0. The average Bonchev–Trinajstić information content (AvgIpc) is 3.03. The molecular formula is C40H44N2. The van der Waals surface area contributed by atoms with Crippen molar-refractivity contribution in [2.75, 3.05) is 9.80 Å². The molecule has 0 aliphatic heterocycles. The minimum absolute atomic E-state index is 0.0255. The first-order chi connectivity index (χ1) is 20.2. The van der Waals surface area contributed by atoms with Gasteiger partial charge in [0.25, 0.3) is 0 Å². The quantitative estimate of drug-likeness (QED) is 0.170. The van der Waals surface area contributed by atoms with Gasteiger partial charge in [0.2, 0.25) is 0 Å². The molecule has 0 aromatic heterocycles. The Hall–Kier alpha value is -4.30. The zero-order valence-corrected chi connectivity index (χ0v) is 26.0. The fourth-order valence-electron chi connectivity index (χ4n) is 5.48. The lowest BCUT2D eigenvalue weighted by atomic mass is 9.82. The van der Waals surface area contributed by atoms with Crippen molar-refractivity contribution in [2.45, 2.75) is 65.3 Å². The van der Waals surface area contributed by atoms with Gasteiger partial charge in [-0.05, 0) is 109 Å². The van der Waals surface area contributed by atoms with Crippen LogP contribution < -0.4 is 9.80 Å². The Labute approximate surface area is 253 Å². The molecule has 5 aromatic rings. The largest absolute Gasteiger partial charge is 0.336 e. The molecule has 214 valence electrons. The Bertz CT molecular complexity index is 1550. The molecule has 0 aliphatic carbocycles. The predicted octanol–water partition coefficient (Wildman–Crippen LogP) is 11.8. The van der Waals surface area contributed by atoms with Crippen molar-refractivity contribution in [3.8, 4) is 11.1 Å². The molecule has 0 saturated heterocycles. The van der Waals surface area contributed by atoms with Crippen LogP contribution in [0.15, 0.2) is 133 Å².